The number of aryl methyl sites for hydroxylation is 2. The van der Waals surface area contributed by atoms with Gasteiger partial charge in [-0.25, -0.2) is 4.98 Å². The second-order valence-corrected chi connectivity index (χ2v) is 6.62. The third-order valence-electron chi connectivity index (χ3n) is 2.77. The van der Waals surface area contributed by atoms with E-state index in [4.69, 9.17) is 5.73 Å². The smallest absolute Gasteiger partial charge is 0.101 e. The van der Waals surface area contributed by atoms with Crippen molar-refractivity contribution in [1.29, 1.82) is 0 Å². The molecule has 0 aliphatic carbocycles. The van der Waals surface area contributed by atoms with Crippen LogP contribution in [-0.2, 0) is 0 Å². The minimum absolute atomic E-state index is 0.0506. The summed E-state index contributed by atoms with van der Waals surface area (Å²) in [6.45, 7) is 6.10. The van der Waals surface area contributed by atoms with Gasteiger partial charge in [0, 0.05) is 21.1 Å². The lowest BCUT2D eigenvalue weighted by Crippen LogP contribution is -2.04. The normalized spacial score (nSPS) is 12.5. The van der Waals surface area contributed by atoms with Gasteiger partial charge < -0.3 is 5.73 Å². The number of hydrogen-bond acceptors (Lipinski definition) is 3. The number of pyridine rings is 1. The molecule has 0 spiro atoms. The molecule has 1 aromatic carbocycles. The molecule has 2 rings (SSSR count). The van der Waals surface area contributed by atoms with Crippen molar-refractivity contribution in [1.82, 2.24) is 4.98 Å². The Bertz CT molecular complexity index is 576. The molecule has 0 radical (unpaired) electrons. The van der Waals surface area contributed by atoms with Crippen molar-refractivity contribution in [3.63, 3.8) is 0 Å². The molecule has 2 N–H and O–H groups in total. The molecule has 4 heteroatoms. The van der Waals surface area contributed by atoms with Gasteiger partial charge >= 0.3 is 0 Å². The van der Waals surface area contributed by atoms with Gasteiger partial charge in [0.25, 0.3) is 0 Å². The summed E-state index contributed by atoms with van der Waals surface area (Å²) in [6, 6.07) is 10.5. The molecule has 19 heavy (non-hydrogen) atoms. The third-order valence-corrected chi connectivity index (χ3v) is 4.68. The van der Waals surface area contributed by atoms with Crippen molar-refractivity contribution in [2.75, 3.05) is 0 Å². The molecule has 1 heterocycles. The van der Waals surface area contributed by atoms with E-state index in [0.717, 1.165) is 25.7 Å². The average molecular weight is 337 g/mol. The molecule has 0 fully saturated rings. The fraction of sp³-hybridized carbons (Fsp3) is 0.267. The number of aromatic nitrogens is 1. The first-order valence-electron chi connectivity index (χ1n) is 6.14. The fourth-order valence-electron chi connectivity index (χ4n) is 1.85. The first kappa shape index (κ1) is 14.6. The van der Waals surface area contributed by atoms with Crippen molar-refractivity contribution < 1.29 is 0 Å². The molecular formula is C15H17BrN2S. The van der Waals surface area contributed by atoms with E-state index in [2.05, 4.69) is 58.2 Å². The molecule has 2 aromatic rings. The zero-order chi connectivity index (χ0) is 14.0. The molecule has 0 amide bonds. The zero-order valence-electron chi connectivity index (χ0n) is 11.3. The van der Waals surface area contributed by atoms with Gasteiger partial charge in [-0.3, -0.25) is 0 Å². The Hall–Kier alpha value is -0.840. The molecule has 0 bridgehead atoms. The molecule has 0 aliphatic rings. The van der Waals surface area contributed by atoms with Gasteiger partial charge in [-0.1, -0.05) is 17.8 Å². The molecule has 100 valence electrons. The molecule has 2 nitrogen and oxygen atoms in total. The first-order valence-corrected chi connectivity index (χ1v) is 7.75. The molecule has 0 saturated carbocycles. The van der Waals surface area contributed by atoms with Crippen LogP contribution < -0.4 is 5.73 Å². The second kappa shape index (κ2) is 6.07. The van der Waals surface area contributed by atoms with Crippen LogP contribution in [0.1, 0.15) is 29.8 Å². The molecule has 0 saturated heterocycles. The summed E-state index contributed by atoms with van der Waals surface area (Å²) in [7, 11) is 0. The van der Waals surface area contributed by atoms with Crippen LogP contribution in [0, 0.1) is 13.8 Å². The second-order valence-electron chi connectivity index (χ2n) is 4.70. The van der Waals surface area contributed by atoms with Crippen LogP contribution in [0.5, 0.6) is 0 Å². The van der Waals surface area contributed by atoms with E-state index in [1.54, 1.807) is 11.8 Å². The summed E-state index contributed by atoms with van der Waals surface area (Å²) in [6.07, 6.45) is 0. The van der Waals surface area contributed by atoms with Gasteiger partial charge in [-0.2, -0.15) is 0 Å². The fourth-order valence-corrected chi connectivity index (χ4v) is 3.44. The highest BCUT2D eigenvalue weighted by Gasteiger charge is 2.07. The Kier molecular flexibility index (Phi) is 4.66. The zero-order valence-corrected chi connectivity index (χ0v) is 13.7. The van der Waals surface area contributed by atoms with E-state index in [9.17, 15) is 0 Å². The summed E-state index contributed by atoms with van der Waals surface area (Å²) < 4.78 is 1.06. The monoisotopic (exact) mass is 336 g/mol. The lowest BCUT2D eigenvalue weighted by molar-refractivity contribution is 0.815. The Labute approximate surface area is 126 Å². The minimum Gasteiger partial charge on any atom is -0.324 e. The Morgan fingerprint density at radius 1 is 1.21 bits per heavy atom. The largest absolute Gasteiger partial charge is 0.324 e. The maximum absolute atomic E-state index is 5.88. The number of rotatable bonds is 3. The molecular weight excluding hydrogens is 320 g/mol. The van der Waals surface area contributed by atoms with Gasteiger partial charge in [0.05, 0.1) is 0 Å². The third kappa shape index (κ3) is 3.81. The Morgan fingerprint density at radius 2 is 1.95 bits per heavy atom. The van der Waals surface area contributed by atoms with Crippen LogP contribution in [0.25, 0.3) is 0 Å². The maximum atomic E-state index is 5.88. The first-order chi connectivity index (χ1) is 8.95. The standard InChI is InChI=1S/C15H17BrN2S/c1-9-6-10(2)18-15(7-9)19-14-5-4-12(11(3)17)8-13(14)16/h4-8,11H,17H2,1-3H3/t11-/m1/s1. The summed E-state index contributed by atoms with van der Waals surface area (Å²) in [5, 5.41) is 1.02. The lowest BCUT2D eigenvalue weighted by Gasteiger charge is -2.10. The topological polar surface area (TPSA) is 38.9 Å². The predicted molar refractivity (Wildman–Crippen MR) is 84.6 cm³/mol. The van der Waals surface area contributed by atoms with Gasteiger partial charge in [0.15, 0.2) is 0 Å². The number of hydrogen-bond donors (Lipinski definition) is 1. The van der Waals surface area contributed by atoms with Gasteiger partial charge in [-0.15, -0.1) is 0 Å². The van der Waals surface area contributed by atoms with Crippen molar-refractivity contribution >= 4 is 27.7 Å². The van der Waals surface area contributed by atoms with Crippen LogP contribution in [0.4, 0.5) is 0 Å². The number of nitrogens with two attached hydrogens (primary N) is 1. The van der Waals surface area contributed by atoms with Gasteiger partial charge in [-0.05, 0) is 72.1 Å². The molecule has 1 atom stereocenters. The van der Waals surface area contributed by atoms with Crippen LogP contribution in [0.3, 0.4) is 0 Å². The van der Waals surface area contributed by atoms with E-state index in [0.29, 0.717) is 0 Å². The van der Waals surface area contributed by atoms with E-state index >= 15 is 0 Å². The van der Waals surface area contributed by atoms with Crippen molar-refractivity contribution in [2.24, 2.45) is 5.73 Å². The number of halogens is 1. The summed E-state index contributed by atoms with van der Waals surface area (Å²) >= 11 is 5.27. The van der Waals surface area contributed by atoms with Crippen molar-refractivity contribution in [2.45, 2.75) is 36.7 Å². The number of nitrogens with zero attached hydrogens (tertiary/aromatic N) is 1. The lowest BCUT2D eigenvalue weighted by atomic mass is 10.1. The highest BCUT2D eigenvalue weighted by Crippen LogP contribution is 2.34. The quantitative estimate of drug-likeness (QED) is 0.887. The SMILES string of the molecule is Cc1cc(C)nc(Sc2ccc([C@@H](C)N)cc2Br)c1. The van der Waals surface area contributed by atoms with Crippen LogP contribution in [0.2, 0.25) is 0 Å². The van der Waals surface area contributed by atoms with Crippen LogP contribution in [-0.4, -0.2) is 4.98 Å². The molecule has 0 aliphatic heterocycles. The summed E-state index contributed by atoms with van der Waals surface area (Å²) in [5.41, 5.74) is 9.30. The predicted octanol–water partition coefficient (Wildman–Crippen LogP) is 4.63. The molecule has 1 aromatic heterocycles. The van der Waals surface area contributed by atoms with E-state index in [1.165, 1.54) is 5.56 Å². The number of benzene rings is 1. The Morgan fingerprint density at radius 3 is 2.53 bits per heavy atom. The summed E-state index contributed by atoms with van der Waals surface area (Å²) in [4.78, 5) is 5.70. The minimum atomic E-state index is 0.0506. The Balaban J connectivity index is 2.28. The maximum Gasteiger partial charge on any atom is 0.101 e. The molecule has 0 unspecified atom stereocenters. The van der Waals surface area contributed by atoms with Gasteiger partial charge in [0.1, 0.15) is 5.03 Å². The van der Waals surface area contributed by atoms with Crippen LogP contribution in [0.15, 0.2) is 44.7 Å². The van der Waals surface area contributed by atoms with Crippen molar-refractivity contribution in [3.8, 4) is 0 Å². The van der Waals surface area contributed by atoms with E-state index in [1.807, 2.05) is 13.8 Å². The van der Waals surface area contributed by atoms with Gasteiger partial charge in [0.2, 0.25) is 0 Å². The van der Waals surface area contributed by atoms with E-state index in [-0.39, 0.29) is 6.04 Å². The summed E-state index contributed by atoms with van der Waals surface area (Å²) in [5.74, 6) is 0. The van der Waals surface area contributed by atoms with E-state index < -0.39 is 0 Å². The average Bonchev–Trinajstić information content (AvgIpc) is 2.30. The van der Waals surface area contributed by atoms with Crippen molar-refractivity contribution in [3.05, 3.63) is 51.6 Å². The highest BCUT2D eigenvalue weighted by molar-refractivity contribution is 9.10. The van der Waals surface area contributed by atoms with Crippen LogP contribution >= 0.6 is 27.7 Å². The highest BCUT2D eigenvalue weighted by atomic mass is 79.9.